The van der Waals surface area contributed by atoms with Crippen LogP contribution in [0.3, 0.4) is 0 Å². The summed E-state index contributed by atoms with van der Waals surface area (Å²) < 4.78 is 18.7. The van der Waals surface area contributed by atoms with Crippen molar-refractivity contribution < 1.29 is 13.9 Å². The maximum atomic E-state index is 13.4. The van der Waals surface area contributed by atoms with E-state index in [1.54, 1.807) is 0 Å². The second kappa shape index (κ2) is 4.35. The third kappa shape index (κ3) is 1.81. The topological polar surface area (TPSA) is 29.5 Å². The number of rotatable bonds is 3. The molecule has 0 N–H and O–H groups in total. The Balaban J connectivity index is 1.62. The van der Waals surface area contributed by atoms with Crippen LogP contribution in [0.5, 0.6) is 0 Å². The van der Waals surface area contributed by atoms with Gasteiger partial charge >= 0.3 is 5.97 Å². The number of esters is 1. The number of nitrogens with zero attached hydrogens (tertiary/aromatic N) is 1. The van der Waals surface area contributed by atoms with Crippen molar-refractivity contribution in [1.29, 1.82) is 0 Å². The SMILES string of the molecule is O=C(OCc1ccccc1)C12CCN1C[C@@H](F)C2. The maximum absolute atomic E-state index is 13.4. The van der Waals surface area contributed by atoms with Gasteiger partial charge in [0, 0.05) is 19.5 Å². The fraction of sp³-hybridized carbons (Fsp3) is 0.500. The Bertz CT molecular complexity index is 450. The van der Waals surface area contributed by atoms with E-state index in [1.165, 1.54) is 0 Å². The lowest BCUT2D eigenvalue weighted by molar-refractivity contribution is -0.166. The number of fused-ring (bicyclic) bond motifs is 1. The predicted molar refractivity (Wildman–Crippen MR) is 64.7 cm³/mol. The van der Waals surface area contributed by atoms with Gasteiger partial charge in [-0.2, -0.15) is 0 Å². The third-order valence-corrected chi connectivity index (χ3v) is 3.97. The molecule has 4 heteroatoms. The van der Waals surface area contributed by atoms with Crippen molar-refractivity contribution in [3.8, 4) is 0 Å². The first-order valence-electron chi connectivity index (χ1n) is 6.31. The van der Waals surface area contributed by atoms with Crippen LogP contribution in [-0.2, 0) is 16.1 Å². The molecule has 0 aliphatic carbocycles. The molecule has 0 radical (unpaired) electrons. The summed E-state index contributed by atoms with van der Waals surface area (Å²) in [6, 6.07) is 9.56. The quantitative estimate of drug-likeness (QED) is 0.766. The van der Waals surface area contributed by atoms with Crippen molar-refractivity contribution in [2.45, 2.75) is 31.2 Å². The summed E-state index contributed by atoms with van der Waals surface area (Å²) in [6.07, 6.45) is 0.124. The first-order chi connectivity index (χ1) is 8.71. The minimum absolute atomic E-state index is 0.266. The zero-order chi connectivity index (χ0) is 12.6. The summed E-state index contributed by atoms with van der Waals surface area (Å²) in [6.45, 7) is 1.45. The normalized spacial score (nSPS) is 30.6. The van der Waals surface area contributed by atoms with Gasteiger partial charge in [0.1, 0.15) is 18.3 Å². The number of hydrogen-bond acceptors (Lipinski definition) is 3. The molecule has 1 aromatic carbocycles. The lowest BCUT2D eigenvalue weighted by Crippen LogP contribution is -2.61. The van der Waals surface area contributed by atoms with Crippen LogP contribution < -0.4 is 0 Å². The smallest absolute Gasteiger partial charge is 0.327 e. The Kier molecular flexibility index (Phi) is 2.82. The summed E-state index contributed by atoms with van der Waals surface area (Å²) >= 11 is 0. The van der Waals surface area contributed by atoms with Crippen molar-refractivity contribution in [1.82, 2.24) is 4.90 Å². The second-order valence-corrected chi connectivity index (χ2v) is 5.09. The van der Waals surface area contributed by atoms with E-state index in [0.717, 1.165) is 18.5 Å². The number of hydrogen-bond donors (Lipinski definition) is 0. The summed E-state index contributed by atoms with van der Waals surface area (Å²) in [5, 5.41) is 0. The Labute approximate surface area is 106 Å². The molecule has 0 saturated carbocycles. The highest BCUT2D eigenvalue weighted by molar-refractivity contribution is 5.82. The van der Waals surface area contributed by atoms with Crippen LogP contribution >= 0.6 is 0 Å². The van der Waals surface area contributed by atoms with Gasteiger partial charge in [-0.1, -0.05) is 30.3 Å². The predicted octanol–water partition coefficient (Wildman–Crippen LogP) is 1.92. The van der Waals surface area contributed by atoms with Gasteiger partial charge in [0.05, 0.1) is 0 Å². The first kappa shape index (κ1) is 11.7. The molecule has 0 bridgehead atoms. The molecule has 0 aromatic heterocycles. The Morgan fingerprint density at radius 1 is 1.44 bits per heavy atom. The van der Waals surface area contributed by atoms with Crippen LogP contribution in [0.2, 0.25) is 0 Å². The lowest BCUT2D eigenvalue weighted by Gasteiger charge is -2.45. The molecule has 0 spiro atoms. The van der Waals surface area contributed by atoms with Crippen LogP contribution in [-0.4, -0.2) is 35.7 Å². The van der Waals surface area contributed by atoms with Crippen LogP contribution in [0.15, 0.2) is 30.3 Å². The Morgan fingerprint density at radius 3 is 2.83 bits per heavy atom. The molecule has 0 amide bonds. The lowest BCUT2D eigenvalue weighted by atomic mass is 9.85. The molecule has 1 aromatic rings. The van der Waals surface area contributed by atoms with Gasteiger partial charge in [0.15, 0.2) is 0 Å². The van der Waals surface area contributed by atoms with Gasteiger partial charge < -0.3 is 4.74 Å². The van der Waals surface area contributed by atoms with E-state index in [1.807, 2.05) is 35.2 Å². The van der Waals surface area contributed by atoms with E-state index >= 15 is 0 Å². The Hall–Kier alpha value is -1.42. The van der Waals surface area contributed by atoms with Crippen molar-refractivity contribution >= 4 is 5.97 Å². The molecule has 96 valence electrons. The molecular weight excluding hydrogens is 233 g/mol. The molecule has 2 aliphatic heterocycles. The van der Waals surface area contributed by atoms with Crippen LogP contribution in [0.4, 0.5) is 4.39 Å². The molecule has 3 nitrogen and oxygen atoms in total. The monoisotopic (exact) mass is 249 g/mol. The fourth-order valence-corrected chi connectivity index (χ4v) is 2.88. The molecule has 2 fully saturated rings. The highest BCUT2D eigenvalue weighted by atomic mass is 19.1. The molecule has 2 saturated heterocycles. The largest absolute Gasteiger partial charge is 0.459 e. The molecule has 2 atom stereocenters. The van der Waals surface area contributed by atoms with Crippen molar-refractivity contribution in [3.05, 3.63) is 35.9 Å². The number of benzene rings is 1. The second-order valence-electron chi connectivity index (χ2n) is 5.09. The number of alkyl halides is 1. The molecule has 2 heterocycles. The summed E-state index contributed by atoms with van der Waals surface area (Å²) in [7, 11) is 0. The number of carbonyl (C=O) groups is 1. The standard InChI is InChI=1S/C14H16FNO2/c15-12-8-14(6-7-16(14)9-12)13(17)18-10-11-4-2-1-3-5-11/h1-5,12H,6-10H2/t12-,14?/m0/s1. The third-order valence-electron chi connectivity index (χ3n) is 3.97. The van der Waals surface area contributed by atoms with Gasteiger partial charge in [-0.25, -0.2) is 4.39 Å². The first-order valence-corrected chi connectivity index (χ1v) is 6.31. The summed E-state index contributed by atoms with van der Waals surface area (Å²) in [5.41, 5.74) is 0.303. The van der Waals surface area contributed by atoms with Gasteiger partial charge in [-0.3, -0.25) is 9.69 Å². The van der Waals surface area contributed by atoms with E-state index in [-0.39, 0.29) is 12.6 Å². The minimum Gasteiger partial charge on any atom is -0.459 e. The van der Waals surface area contributed by atoms with Crippen molar-refractivity contribution in [2.75, 3.05) is 13.1 Å². The van der Waals surface area contributed by atoms with Gasteiger partial charge in [-0.05, 0) is 12.0 Å². The Morgan fingerprint density at radius 2 is 2.22 bits per heavy atom. The van der Waals surface area contributed by atoms with Gasteiger partial charge in [0.2, 0.25) is 0 Å². The maximum Gasteiger partial charge on any atom is 0.327 e. The summed E-state index contributed by atoms with van der Waals surface area (Å²) in [4.78, 5) is 14.0. The molecular formula is C14H16FNO2. The van der Waals surface area contributed by atoms with Crippen LogP contribution in [0.1, 0.15) is 18.4 Å². The van der Waals surface area contributed by atoms with E-state index in [2.05, 4.69) is 0 Å². The minimum atomic E-state index is -0.892. The van der Waals surface area contributed by atoms with Gasteiger partial charge in [0.25, 0.3) is 0 Å². The highest BCUT2D eigenvalue weighted by Gasteiger charge is 2.58. The average molecular weight is 249 g/mol. The number of carbonyl (C=O) groups excluding carboxylic acids is 1. The van der Waals surface area contributed by atoms with Crippen molar-refractivity contribution in [3.63, 3.8) is 0 Å². The van der Waals surface area contributed by atoms with Gasteiger partial charge in [-0.15, -0.1) is 0 Å². The van der Waals surface area contributed by atoms with Crippen molar-refractivity contribution in [2.24, 2.45) is 0 Å². The van der Waals surface area contributed by atoms with E-state index < -0.39 is 11.7 Å². The molecule has 18 heavy (non-hydrogen) atoms. The fourth-order valence-electron chi connectivity index (χ4n) is 2.88. The van der Waals surface area contributed by atoms with Crippen LogP contribution in [0.25, 0.3) is 0 Å². The summed E-state index contributed by atoms with van der Waals surface area (Å²) in [5.74, 6) is -0.266. The number of halogens is 1. The zero-order valence-corrected chi connectivity index (χ0v) is 10.1. The van der Waals surface area contributed by atoms with Crippen LogP contribution in [0, 0.1) is 0 Å². The van der Waals surface area contributed by atoms with E-state index in [9.17, 15) is 9.18 Å². The highest BCUT2D eigenvalue weighted by Crippen LogP contribution is 2.42. The molecule has 2 aliphatic rings. The number of ether oxygens (including phenoxy) is 1. The molecule has 1 unspecified atom stereocenters. The van der Waals surface area contributed by atoms with E-state index in [0.29, 0.717) is 13.0 Å². The molecule has 3 rings (SSSR count). The average Bonchev–Trinajstić information content (AvgIpc) is 2.61. The zero-order valence-electron chi connectivity index (χ0n) is 10.1. The van der Waals surface area contributed by atoms with E-state index in [4.69, 9.17) is 4.74 Å².